The number of alkyl halides is 1. The van der Waals surface area contributed by atoms with E-state index in [4.69, 9.17) is 4.74 Å². The maximum atomic E-state index is 5.14. The zero-order valence-corrected chi connectivity index (χ0v) is 12.4. The first-order valence-corrected chi connectivity index (χ1v) is 6.19. The molecule has 0 amide bonds. The summed E-state index contributed by atoms with van der Waals surface area (Å²) >= 11 is 2.69. The molecule has 1 unspecified atom stereocenters. The van der Waals surface area contributed by atoms with Crippen molar-refractivity contribution in [3.8, 4) is 0 Å². The molecule has 0 aromatic carbocycles. The van der Waals surface area contributed by atoms with Crippen LogP contribution in [0.2, 0.25) is 0 Å². The quantitative estimate of drug-likeness (QED) is 0.314. The van der Waals surface area contributed by atoms with E-state index in [1.165, 1.54) is 0 Å². The zero-order valence-electron chi connectivity index (χ0n) is 4.57. The fraction of sp³-hybridized carbons (Fsp3) is 0.500. The Morgan fingerprint density at radius 2 is 2.43 bits per heavy atom. The van der Waals surface area contributed by atoms with E-state index >= 15 is 0 Å². The molecule has 0 spiro atoms. The second-order valence-corrected chi connectivity index (χ2v) is 6.30. The molecule has 0 aliphatic rings. The van der Waals surface area contributed by atoms with Gasteiger partial charge in [0.25, 0.3) is 0 Å². The first kappa shape index (κ1) is 8.07. The maximum absolute atomic E-state index is 5.14. The minimum atomic E-state index is 0.298. The van der Waals surface area contributed by atoms with Gasteiger partial charge in [-0.15, -0.1) is 0 Å². The minimum absolute atomic E-state index is 0.298. The van der Waals surface area contributed by atoms with Crippen molar-refractivity contribution in [3.05, 3.63) is 10.4 Å². The predicted octanol–water partition coefficient (Wildman–Crippen LogP) is 0.621. The van der Waals surface area contributed by atoms with Crippen LogP contribution in [0.1, 0.15) is 6.92 Å². The fourth-order valence-electron chi connectivity index (χ4n) is 0.277. The molecular weight excluding hydrogens is 310 g/mol. The van der Waals surface area contributed by atoms with Gasteiger partial charge in [-0.25, -0.2) is 0 Å². The molecule has 0 saturated carbocycles. The normalized spacial score (nSPS) is 13.4. The van der Waals surface area contributed by atoms with Crippen LogP contribution in [0, 0.1) is 0 Å². The molecule has 0 rings (SSSR count). The number of halogens is 1. The number of ether oxygens (including phenoxy) is 1. The van der Waals surface area contributed by atoms with Crippen molar-refractivity contribution in [2.24, 2.45) is 0 Å². The molecule has 1 nitrogen and oxygen atoms in total. The van der Waals surface area contributed by atoms with Gasteiger partial charge >= 0.3 is 71.2 Å². The topological polar surface area (TPSA) is 9.23 Å². The van der Waals surface area contributed by atoms with Crippen LogP contribution < -0.4 is 0 Å². The number of rotatable bonds is 2. The van der Waals surface area contributed by atoms with Crippen molar-refractivity contribution in [2.45, 2.75) is 11.0 Å². The first-order chi connectivity index (χ1) is 3.13. The molecule has 0 saturated heterocycles. The SMILES string of the molecule is C=[C]([SnH3])OC(C)I. The van der Waals surface area contributed by atoms with Gasteiger partial charge in [-0.05, 0) is 0 Å². The van der Waals surface area contributed by atoms with Crippen LogP contribution in [0.3, 0.4) is 0 Å². The van der Waals surface area contributed by atoms with E-state index in [1.807, 2.05) is 6.92 Å². The van der Waals surface area contributed by atoms with Crippen molar-refractivity contribution in [3.63, 3.8) is 0 Å². The van der Waals surface area contributed by atoms with Gasteiger partial charge in [-0.1, -0.05) is 0 Å². The molecule has 0 bridgehead atoms. The summed E-state index contributed by atoms with van der Waals surface area (Å²) in [6.07, 6.45) is 0. The summed E-state index contributed by atoms with van der Waals surface area (Å²) in [7, 11) is 0. The molecule has 0 aromatic rings. The van der Waals surface area contributed by atoms with Gasteiger partial charge in [0.2, 0.25) is 0 Å². The van der Waals surface area contributed by atoms with Crippen LogP contribution in [-0.4, -0.2) is 26.6 Å². The molecule has 0 aromatic heterocycles. The van der Waals surface area contributed by atoms with E-state index in [9.17, 15) is 0 Å². The van der Waals surface area contributed by atoms with Crippen LogP contribution in [0.15, 0.2) is 10.4 Å². The summed E-state index contributed by atoms with van der Waals surface area (Å²) < 4.78 is 6.42. The fourth-order valence-corrected chi connectivity index (χ4v) is 3.09. The Balaban J connectivity index is 3.13. The third kappa shape index (κ3) is 7.07. The van der Waals surface area contributed by atoms with Gasteiger partial charge in [0, 0.05) is 0 Å². The summed E-state index contributed by atoms with van der Waals surface area (Å²) in [5, 5.41) is 0. The van der Waals surface area contributed by atoms with E-state index in [0.29, 0.717) is 26.6 Å². The predicted molar refractivity (Wildman–Crippen MR) is 43.6 cm³/mol. The van der Waals surface area contributed by atoms with E-state index in [1.54, 1.807) is 0 Å². The van der Waals surface area contributed by atoms with Gasteiger partial charge in [0.05, 0.1) is 0 Å². The summed E-state index contributed by atoms with van der Waals surface area (Å²) in [6, 6.07) is 0. The number of hydrogen-bond acceptors (Lipinski definition) is 1. The summed E-state index contributed by atoms with van der Waals surface area (Å²) in [5.74, 6) is 0. The molecule has 0 fully saturated rings. The molecule has 0 heterocycles. The summed E-state index contributed by atoms with van der Waals surface area (Å²) in [6.45, 7) is 5.66. The second-order valence-electron chi connectivity index (χ2n) is 1.36. The van der Waals surface area contributed by atoms with Crippen molar-refractivity contribution in [2.75, 3.05) is 0 Å². The molecule has 0 aliphatic carbocycles. The molecule has 0 radical (unpaired) electrons. The molecule has 3 heteroatoms. The van der Waals surface area contributed by atoms with E-state index in [-0.39, 0.29) is 0 Å². The van der Waals surface area contributed by atoms with E-state index < -0.39 is 0 Å². The Morgan fingerprint density at radius 1 is 2.00 bits per heavy atom. The third-order valence-corrected chi connectivity index (χ3v) is 1.29. The average Bonchev–Trinajstić information content (AvgIpc) is 1.27. The Kier molecular flexibility index (Phi) is 4.61. The van der Waals surface area contributed by atoms with E-state index in [2.05, 4.69) is 29.2 Å². The second kappa shape index (κ2) is 4.00. The Morgan fingerprint density at radius 3 is 2.43 bits per heavy atom. The third-order valence-electron chi connectivity index (χ3n) is 0.364. The van der Waals surface area contributed by atoms with Crippen LogP contribution in [0.4, 0.5) is 0 Å². The molecular formula is C4H9IOSn. The van der Waals surface area contributed by atoms with Crippen molar-refractivity contribution < 1.29 is 4.74 Å². The van der Waals surface area contributed by atoms with Crippen LogP contribution in [-0.2, 0) is 4.74 Å². The Bertz CT molecular complexity index is 72.1. The molecule has 42 valence electrons. The summed E-state index contributed by atoms with van der Waals surface area (Å²) in [5.41, 5.74) is 0. The zero-order chi connectivity index (χ0) is 5.86. The van der Waals surface area contributed by atoms with Crippen LogP contribution in [0.5, 0.6) is 0 Å². The Labute approximate surface area is 70.7 Å². The first-order valence-electron chi connectivity index (χ1n) is 2.09. The van der Waals surface area contributed by atoms with Crippen LogP contribution in [0.25, 0.3) is 0 Å². The van der Waals surface area contributed by atoms with Crippen molar-refractivity contribution in [1.82, 2.24) is 0 Å². The molecule has 0 aliphatic heterocycles. The van der Waals surface area contributed by atoms with Crippen molar-refractivity contribution in [1.29, 1.82) is 0 Å². The molecule has 7 heavy (non-hydrogen) atoms. The average molecular weight is 319 g/mol. The number of hydrogen-bond donors (Lipinski definition) is 0. The standard InChI is InChI=1S/C4H6IO.Sn.3H/c1-3-6-4(2)5;;;;/h4H,1H2,2H3;;;;. The monoisotopic (exact) mass is 320 g/mol. The van der Waals surface area contributed by atoms with Gasteiger partial charge < -0.3 is 0 Å². The van der Waals surface area contributed by atoms with Gasteiger partial charge in [-0.2, -0.15) is 0 Å². The van der Waals surface area contributed by atoms with E-state index in [0.717, 1.165) is 3.78 Å². The molecule has 1 atom stereocenters. The van der Waals surface area contributed by atoms with Crippen molar-refractivity contribution >= 4 is 45.1 Å². The Hall–Kier alpha value is 1.07. The van der Waals surface area contributed by atoms with Gasteiger partial charge in [0.1, 0.15) is 0 Å². The molecule has 0 N–H and O–H groups in total. The summed E-state index contributed by atoms with van der Waals surface area (Å²) in [4.78, 5) is 0. The van der Waals surface area contributed by atoms with Gasteiger partial charge in [0.15, 0.2) is 0 Å². The van der Waals surface area contributed by atoms with Gasteiger partial charge in [-0.3, -0.25) is 0 Å². The van der Waals surface area contributed by atoms with Crippen LogP contribution >= 0.6 is 22.6 Å².